The van der Waals surface area contributed by atoms with Gasteiger partial charge in [0.2, 0.25) is 10.0 Å². The molecule has 2 aromatic carbocycles. The van der Waals surface area contributed by atoms with Gasteiger partial charge in [0.05, 0.1) is 17.6 Å². The maximum atomic E-state index is 12.2. The highest BCUT2D eigenvalue weighted by Gasteiger charge is 2.15. The predicted molar refractivity (Wildman–Crippen MR) is 91.8 cm³/mol. The molecule has 0 radical (unpaired) electrons. The summed E-state index contributed by atoms with van der Waals surface area (Å²) in [6.07, 6.45) is -0.212. The first kappa shape index (κ1) is 17.7. The average Bonchev–Trinajstić information content (AvgIpc) is 2.53. The zero-order valence-corrected chi connectivity index (χ0v) is 14.6. The van der Waals surface area contributed by atoms with Gasteiger partial charge in [-0.05, 0) is 38.5 Å². The smallest absolute Gasteiger partial charge is 0.240 e. The Kier molecular flexibility index (Phi) is 5.93. The highest BCUT2D eigenvalue weighted by Crippen LogP contribution is 2.10. The molecule has 2 aromatic rings. The molecule has 2 rings (SSSR count). The average molecular weight is 333 g/mol. The van der Waals surface area contributed by atoms with Crippen LogP contribution in [0.4, 0.5) is 0 Å². The Balaban J connectivity index is 1.84. The van der Waals surface area contributed by atoms with Crippen LogP contribution < -0.4 is 4.72 Å². The van der Waals surface area contributed by atoms with Crippen LogP contribution in [0.25, 0.3) is 0 Å². The van der Waals surface area contributed by atoms with Crippen LogP contribution in [0.15, 0.2) is 53.4 Å². The summed E-state index contributed by atoms with van der Waals surface area (Å²) < 4.78 is 32.7. The van der Waals surface area contributed by atoms with Crippen molar-refractivity contribution in [2.45, 2.75) is 38.4 Å². The van der Waals surface area contributed by atoms with Gasteiger partial charge in [-0.1, -0.05) is 47.5 Å². The summed E-state index contributed by atoms with van der Waals surface area (Å²) in [5.41, 5.74) is 3.30. The Hall–Kier alpha value is -1.69. The molecule has 0 heterocycles. The molecule has 0 aliphatic carbocycles. The van der Waals surface area contributed by atoms with Gasteiger partial charge in [0.1, 0.15) is 0 Å². The van der Waals surface area contributed by atoms with Crippen molar-refractivity contribution in [1.82, 2.24) is 4.72 Å². The van der Waals surface area contributed by atoms with Gasteiger partial charge in [0, 0.05) is 6.54 Å². The molecule has 1 N–H and O–H groups in total. The summed E-state index contributed by atoms with van der Waals surface area (Å²) in [6, 6.07) is 14.9. The van der Waals surface area contributed by atoms with E-state index in [1.54, 1.807) is 24.3 Å². The Morgan fingerprint density at radius 2 is 1.48 bits per heavy atom. The van der Waals surface area contributed by atoms with E-state index in [9.17, 15) is 8.42 Å². The van der Waals surface area contributed by atoms with Crippen molar-refractivity contribution in [3.05, 3.63) is 65.2 Å². The van der Waals surface area contributed by atoms with Crippen molar-refractivity contribution in [3.63, 3.8) is 0 Å². The Bertz CT molecular complexity index is 722. The molecule has 1 unspecified atom stereocenters. The third-order valence-corrected chi connectivity index (χ3v) is 4.99. The zero-order chi connectivity index (χ0) is 16.9. The summed E-state index contributed by atoms with van der Waals surface area (Å²) in [4.78, 5) is 0.272. The Morgan fingerprint density at radius 1 is 0.957 bits per heavy atom. The lowest BCUT2D eigenvalue weighted by molar-refractivity contribution is 0.0566. The van der Waals surface area contributed by atoms with Crippen LogP contribution in [0.1, 0.15) is 23.6 Å². The van der Waals surface area contributed by atoms with Crippen molar-refractivity contribution in [1.29, 1.82) is 0 Å². The highest BCUT2D eigenvalue weighted by molar-refractivity contribution is 7.89. The third-order valence-electron chi connectivity index (χ3n) is 3.55. The first-order chi connectivity index (χ1) is 10.9. The summed E-state index contributed by atoms with van der Waals surface area (Å²) in [7, 11) is -3.49. The summed E-state index contributed by atoms with van der Waals surface area (Å²) in [5, 5.41) is 0. The summed E-state index contributed by atoms with van der Waals surface area (Å²) >= 11 is 0. The first-order valence-electron chi connectivity index (χ1n) is 7.60. The fraction of sp³-hybridized carbons (Fsp3) is 0.333. The predicted octanol–water partition coefficient (Wildman–Crippen LogP) is 3.19. The number of hydrogen-bond acceptors (Lipinski definition) is 3. The fourth-order valence-corrected chi connectivity index (χ4v) is 3.12. The van der Waals surface area contributed by atoms with E-state index in [2.05, 4.69) is 4.72 Å². The normalized spacial score (nSPS) is 13.0. The lowest BCUT2D eigenvalue weighted by atomic mass is 10.2. The van der Waals surface area contributed by atoms with E-state index in [1.165, 1.54) is 5.56 Å². The van der Waals surface area contributed by atoms with Crippen molar-refractivity contribution in [3.8, 4) is 0 Å². The minimum absolute atomic E-state index is 0.212. The van der Waals surface area contributed by atoms with Gasteiger partial charge >= 0.3 is 0 Å². The van der Waals surface area contributed by atoms with Gasteiger partial charge in [-0.15, -0.1) is 0 Å². The van der Waals surface area contributed by atoms with E-state index in [1.807, 2.05) is 45.0 Å². The van der Waals surface area contributed by atoms with Crippen molar-refractivity contribution < 1.29 is 13.2 Å². The van der Waals surface area contributed by atoms with Crippen LogP contribution in [-0.2, 0) is 21.4 Å². The summed E-state index contributed by atoms with van der Waals surface area (Å²) in [5.74, 6) is 0. The molecule has 0 aliphatic rings. The van der Waals surface area contributed by atoms with E-state index >= 15 is 0 Å². The number of nitrogens with one attached hydrogen (secondary N) is 1. The molecule has 1 atom stereocenters. The number of benzene rings is 2. The molecule has 0 spiro atoms. The molecule has 4 nitrogen and oxygen atoms in total. The minimum atomic E-state index is -3.49. The monoisotopic (exact) mass is 333 g/mol. The standard InChI is InChI=1S/C18H23NO3S/c1-14-4-8-17(9-5-14)13-22-16(3)12-19-23(20,21)18-10-6-15(2)7-11-18/h4-11,16,19H,12-13H2,1-3H3. The van der Waals surface area contributed by atoms with Crippen LogP contribution >= 0.6 is 0 Å². The number of hydrogen-bond donors (Lipinski definition) is 1. The van der Waals surface area contributed by atoms with E-state index < -0.39 is 10.0 Å². The maximum absolute atomic E-state index is 12.2. The molecule has 0 aromatic heterocycles. The zero-order valence-electron chi connectivity index (χ0n) is 13.7. The van der Waals surface area contributed by atoms with Gasteiger partial charge < -0.3 is 4.74 Å². The maximum Gasteiger partial charge on any atom is 0.240 e. The highest BCUT2D eigenvalue weighted by atomic mass is 32.2. The molecule has 124 valence electrons. The molecule has 0 bridgehead atoms. The molecular formula is C18H23NO3S. The number of sulfonamides is 1. The fourth-order valence-electron chi connectivity index (χ4n) is 2.01. The number of rotatable bonds is 7. The van der Waals surface area contributed by atoms with Crippen molar-refractivity contribution in [2.75, 3.05) is 6.54 Å². The second-order valence-corrected chi connectivity index (χ2v) is 7.54. The van der Waals surface area contributed by atoms with Crippen LogP contribution in [0, 0.1) is 13.8 Å². The third kappa shape index (κ3) is 5.46. The van der Waals surface area contributed by atoms with E-state index in [0.29, 0.717) is 6.61 Å². The Labute approximate surface area is 138 Å². The largest absolute Gasteiger partial charge is 0.372 e. The second-order valence-electron chi connectivity index (χ2n) is 5.77. The molecule has 23 heavy (non-hydrogen) atoms. The van der Waals surface area contributed by atoms with Gasteiger partial charge in [-0.3, -0.25) is 0 Å². The molecule has 0 saturated heterocycles. The van der Waals surface area contributed by atoms with Crippen molar-refractivity contribution >= 4 is 10.0 Å². The molecule has 0 fully saturated rings. The Morgan fingerprint density at radius 3 is 2.04 bits per heavy atom. The van der Waals surface area contributed by atoms with Crippen LogP contribution in [0.3, 0.4) is 0 Å². The van der Waals surface area contributed by atoms with Crippen molar-refractivity contribution in [2.24, 2.45) is 0 Å². The van der Waals surface area contributed by atoms with E-state index in [4.69, 9.17) is 4.74 Å². The van der Waals surface area contributed by atoms with Crippen LogP contribution in [0.5, 0.6) is 0 Å². The SMILES string of the molecule is Cc1ccc(COC(C)CNS(=O)(=O)c2ccc(C)cc2)cc1. The second kappa shape index (κ2) is 7.73. The lowest BCUT2D eigenvalue weighted by Gasteiger charge is -2.14. The van der Waals surface area contributed by atoms with Crippen LogP contribution in [0.2, 0.25) is 0 Å². The number of aryl methyl sites for hydroxylation is 2. The number of ether oxygens (including phenoxy) is 1. The summed E-state index contributed by atoms with van der Waals surface area (Å²) in [6.45, 7) is 6.51. The molecule has 0 amide bonds. The van der Waals surface area contributed by atoms with Gasteiger partial charge in [-0.2, -0.15) is 0 Å². The lowest BCUT2D eigenvalue weighted by Crippen LogP contribution is -2.32. The molecule has 0 aliphatic heterocycles. The van der Waals surface area contributed by atoms with E-state index in [0.717, 1.165) is 11.1 Å². The van der Waals surface area contributed by atoms with Gasteiger partial charge in [-0.25, -0.2) is 13.1 Å². The molecular weight excluding hydrogens is 310 g/mol. The topological polar surface area (TPSA) is 55.4 Å². The first-order valence-corrected chi connectivity index (χ1v) is 9.08. The molecule has 0 saturated carbocycles. The van der Waals surface area contributed by atoms with Gasteiger partial charge in [0.15, 0.2) is 0 Å². The molecule has 5 heteroatoms. The van der Waals surface area contributed by atoms with Crippen LogP contribution in [-0.4, -0.2) is 21.1 Å². The minimum Gasteiger partial charge on any atom is -0.372 e. The van der Waals surface area contributed by atoms with E-state index in [-0.39, 0.29) is 17.5 Å². The quantitative estimate of drug-likeness (QED) is 0.846. The van der Waals surface area contributed by atoms with Gasteiger partial charge in [0.25, 0.3) is 0 Å².